The second-order valence-corrected chi connectivity index (χ2v) is 8.14. The van der Waals surface area contributed by atoms with Gasteiger partial charge in [0.1, 0.15) is 12.0 Å². The minimum atomic E-state index is -1.08. The number of aromatic carboxylic acids is 1. The third-order valence-corrected chi connectivity index (χ3v) is 5.74. The zero-order chi connectivity index (χ0) is 22.2. The van der Waals surface area contributed by atoms with E-state index in [4.69, 9.17) is 14.3 Å². The highest BCUT2D eigenvalue weighted by Crippen LogP contribution is 2.36. The number of carbonyl (C=O) groups is 1. The van der Waals surface area contributed by atoms with Gasteiger partial charge in [-0.3, -0.25) is 0 Å². The van der Waals surface area contributed by atoms with Crippen molar-refractivity contribution in [3.63, 3.8) is 0 Å². The number of hydrogen-bond acceptors (Lipinski definition) is 6. The number of fused-ring (bicyclic) bond motifs is 1. The molecule has 164 valence electrons. The fourth-order valence-corrected chi connectivity index (χ4v) is 4.12. The molecule has 0 amide bonds. The van der Waals surface area contributed by atoms with Gasteiger partial charge in [0.15, 0.2) is 11.3 Å². The molecule has 8 nitrogen and oxygen atoms in total. The molecule has 4 aromatic rings. The summed E-state index contributed by atoms with van der Waals surface area (Å²) in [4.78, 5) is 18.6. The zero-order valence-electron chi connectivity index (χ0n) is 18.0. The fraction of sp³-hybridized carbons (Fsp3) is 0.292. The number of ether oxygens (including phenoxy) is 1. The highest BCUT2D eigenvalue weighted by Gasteiger charge is 2.23. The molecule has 0 radical (unpaired) electrons. The van der Waals surface area contributed by atoms with E-state index in [0.29, 0.717) is 11.3 Å². The summed E-state index contributed by atoms with van der Waals surface area (Å²) in [6.07, 6.45) is 3.13. The minimum Gasteiger partial charge on any atom is -0.477 e. The normalized spacial score (nSPS) is 14.4. The molecule has 3 aromatic heterocycles. The molecule has 8 heteroatoms. The van der Waals surface area contributed by atoms with Gasteiger partial charge in [-0.05, 0) is 35.2 Å². The van der Waals surface area contributed by atoms with Crippen LogP contribution < -0.4 is 4.90 Å². The molecule has 0 unspecified atom stereocenters. The van der Waals surface area contributed by atoms with Gasteiger partial charge in [-0.25, -0.2) is 14.5 Å². The third-order valence-electron chi connectivity index (χ3n) is 5.74. The first kappa shape index (κ1) is 20.3. The minimum absolute atomic E-state index is 0.0234. The van der Waals surface area contributed by atoms with E-state index in [0.717, 1.165) is 54.2 Å². The van der Waals surface area contributed by atoms with Gasteiger partial charge in [-0.1, -0.05) is 26.0 Å². The molecule has 1 aliphatic rings. The van der Waals surface area contributed by atoms with Gasteiger partial charge in [-0.15, -0.1) is 0 Å². The first-order valence-corrected chi connectivity index (χ1v) is 10.7. The molecule has 1 aromatic carbocycles. The summed E-state index contributed by atoms with van der Waals surface area (Å²) in [5.41, 5.74) is 4.89. The SMILES string of the molecule is CC(C)c1nn(-c2ccoc2)c2nc(C(=O)O)cc(-c3ccc(N4CCOCC4)cc3)c12. The van der Waals surface area contributed by atoms with Crippen molar-refractivity contribution in [1.29, 1.82) is 0 Å². The number of furan rings is 1. The van der Waals surface area contributed by atoms with E-state index in [1.165, 1.54) is 0 Å². The van der Waals surface area contributed by atoms with Crippen molar-refractivity contribution < 1.29 is 19.1 Å². The Balaban J connectivity index is 1.70. The molecule has 0 spiro atoms. The topological polar surface area (TPSA) is 93.6 Å². The zero-order valence-corrected chi connectivity index (χ0v) is 18.0. The van der Waals surface area contributed by atoms with Crippen LogP contribution in [-0.4, -0.2) is 52.1 Å². The van der Waals surface area contributed by atoms with Gasteiger partial charge in [0, 0.05) is 24.8 Å². The van der Waals surface area contributed by atoms with E-state index in [-0.39, 0.29) is 11.6 Å². The molecular weight excluding hydrogens is 408 g/mol. The second kappa shape index (κ2) is 8.12. The number of carboxylic acids is 1. The maximum Gasteiger partial charge on any atom is 0.354 e. The van der Waals surface area contributed by atoms with E-state index in [1.807, 2.05) is 12.1 Å². The van der Waals surface area contributed by atoms with Crippen LogP contribution in [0, 0.1) is 0 Å². The summed E-state index contributed by atoms with van der Waals surface area (Å²) in [5, 5.41) is 15.4. The van der Waals surface area contributed by atoms with Gasteiger partial charge in [0.05, 0.1) is 30.6 Å². The summed E-state index contributed by atoms with van der Waals surface area (Å²) in [7, 11) is 0. The Morgan fingerprint density at radius 3 is 2.47 bits per heavy atom. The Morgan fingerprint density at radius 1 is 1.09 bits per heavy atom. The van der Waals surface area contributed by atoms with Gasteiger partial charge >= 0.3 is 5.97 Å². The predicted molar refractivity (Wildman–Crippen MR) is 121 cm³/mol. The van der Waals surface area contributed by atoms with Crippen molar-refractivity contribution in [3.05, 3.63) is 60.3 Å². The first-order valence-electron chi connectivity index (χ1n) is 10.7. The maximum atomic E-state index is 11.9. The van der Waals surface area contributed by atoms with Crippen molar-refractivity contribution >= 4 is 22.7 Å². The molecular formula is C24H24N4O4. The maximum absolute atomic E-state index is 11.9. The van der Waals surface area contributed by atoms with E-state index < -0.39 is 5.97 Å². The standard InChI is InChI=1S/C24H24N4O4/c1-15(2)22-21-19(16-3-5-17(6-4-16)27-8-11-31-12-9-27)13-20(24(29)30)25-23(21)28(26-22)18-7-10-32-14-18/h3-7,10,13-15H,8-9,11-12H2,1-2H3,(H,29,30). The van der Waals surface area contributed by atoms with Crippen LogP contribution in [-0.2, 0) is 4.74 Å². The van der Waals surface area contributed by atoms with E-state index >= 15 is 0 Å². The van der Waals surface area contributed by atoms with Crippen LogP contribution in [0.15, 0.2) is 53.3 Å². The Morgan fingerprint density at radius 2 is 1.84 bits per heavy atom. The van der Waals surface area contributed by atoms with Crippen LogP contribution in [0.5, 0.6) is 0 Å². The van der Waals surface area contributed by atoms with Gasteiger partial charge in [0.25, 0.3) is 0 Å². The third kappa shape index (κ3) is 3.52. The number of hydrogen-bond donors (Lipinski definition) is 1. The Kier molecular flexibility index (Phi) is 5.14. The Labute approximate surface area is 185 Å². The number of rotatable bonds is 5. The molecule has 0 saturated carbocycles. The van der Waals surface area contributed by atoms with Crippen LogP contribution in [0.1, 0.15) is 35.9 Å². The molecule has 4 heterocycles. The highest BCUT2D eigenvalue weighted by molar-refractivity contribution is 6.00. The lowest BCUT2D eigenvalue weighted by Crippen LogP contribution is -2.36. The number of carboxylic acid groups (broad SMARTS) is 1. The molecule has 0 bridgehead atoms. The first-order chi connectivity index (χ1) is 15.5. The Hall–Kier alpha value is -3.65. The molecule has 0 atom stereocenters. The van der Waals surface area contributed by atoms with Crippen molar-refractivity contribution in [3.8, 4) is 16.8 Å². The predicted octanol–water partition coefficient (Wildman–Crippen LogP) is 4.34. The summed E-state index contributed by atoms with van der Waals surface area (Å²) < 4.78 is 12.3. The number of nitrogens with zero attached hydrogens (tertiary/aromatic N) is 4. The van der Waals surface area contributed by atoms with Crippen LogP contribution in [0.25, 0.3) is 27.8 Å². The van der Waals surface area contributed by atoms with Crippen molar-refractivity contribution in [1.82, 2.24) is 14.8 Å². The number of aromatic nitrogens is 3. The number of pyridine rings is 1. The monoisotopic (exact) mass is 432 g/mol. The Bertz CT molecular complexity index is 1250. The summed E-state index contributed by atoms with van der Waals surface area (Å²) >= 11 is 0. The molecule has 0 aliphatic carbocycles. The van der Waals surface area contributed by atoms with Crippen LogP contribution in [0.3, 0.4) is 0 Å². The van der Waals surface area contributed by atoms with Gasteiger partial charge in [0.2, 0.25) is 0 Å². The molecule has 1 N–H and O–H groups in total. The average Bonchev–Trinajstić information content (AvgIpc) is 3.47. The molecule has 32 heavy (non-hydrogen) atoms. The summed E-state index contributed by atoms with van der Waals surface area (Å²) in [5.74, 6) is -0.960. The highest BCUT2D eigenvalue weighted by atomic mass is 16.5. The lowest BCUT2D eigenvalue weighted by molar-refractivity contribution is 0.0691. The quantitative estimate of drug-likeness (QED) is 0.501. The summed E-state index contributed by atoms with van der Waals surface area (Å²) in [6, 6.07) is 11.6. The number of anilines is 1. The molecule has 5 rings (SSSR count). The molecule has 1 aliphatic heterocycles. The van der Waals surface area contributed by atoms with E-state index in [9.17, 15) is 9.90 Å². The molecule has 1 fully saturated rings. The molecule has 1 saturated heterocycles. The van der Waals surface area contributed by atoms with E-state index in [1.54, 1.807) is 29.3 Å². The van der Waals surface area contributed by atoms with Crippen LogP contribution >= 0.6 is 0 Å². The van der Waals surface area contributed by atoms with Crippen molar-refractivity contribution in [2.45, 2.75) is 19.8 Å². The number of benzene rings is 1. The van der Waals surface area contributed by atoms with Crippen LogP contribution in [0.2, 0.25) is 0 Å². The second-order valence-electron chi connectivity index (χ2n) is 8.14. The van der Waals surface area contributed by atoms with Gasteiger partial charge in [-0.2, -0.15) is 5.10 Å². The van der Waals surface area contributed by atoms with Crippen molar-refractivity contribution in [2.24, 2.45) is 0 Å². The summed E-state index contributed by atoms with van der Waals surface area (Å²) in [6.45, 7) is 7.29. The lowest BCUT2D eigenvalue weighted by atomic mass is 9.97. The lowest BCUT2D eigenvalue weighted by Gasteiger charge is -2.29. The largest absolute Gasteiger partial charge is 0.477 e. The average molecular weight is 432 g/mol. The smallest absolute Gasteiger partial charge is 0.354 e. The fourth-order valence-electron chi connectivity index (χ4n) is 4.12. The van der Waals surface area contributed by atoms with Crippen molar-refractivity contribution in [2.75, 3.05) is 31.2 Å². The number of morpholine rings is 1. The van der Waals surface area contributed by atoms with E-state index in [2.05, 4.69) is 35.9 Å². The van der Waals surface area contributed by atoms with Crippen LogP contribution in [0.4, 0.5) is 5.69 Å². The van der Waals surface area contributed by atoms with Gasteiger partial charge < -0.3 is 19.2 Å².